The van der Waals surface area contributed by atoms with Crippen LogP contribution < -0.4 is 5.32 Å². The van der Waals surface area contributed by atoms with Gasteiger partial charge in [-0.25, -0.2) is 0 Å². The summed E-state index contributed by atoms with van der Waals surface area (Å²) in [4.78, 5) is 5.33. The first kappa shape index (κ1) is 17.9. The fourth-order valence-electron chi connectivity index (χ4n) is 3.00. The third-order valence-electron chi connectivity index (χ3n) is 4.04. The van der Waals surface area contributed by atoms with E-state index < -0.39 is 0 Å². The maximum atomic E-state index is 3.69. The van der Waals surface area contributed by atoms with E-state index in [1.165, 1.54) is 45.6 Å². The van der Waals surface area contributed by atoms with Crippen molar-refractivity contribution in [3.63, 3.8) is 0 Å². The number of hydrogen-bond acceptors (Lipinski definition) is 3. The number of rotatable bonds is 7. The van der Waals surface area contributed by atoms with E-state index >= 15 is 0 Å². The lowest BCUT2D eigenvalue weighted by atomic mass is 10.0. The lowest BCUT2D eigenvalue weighted by Crippen LogP contribution is -2.54. The summed E-state index contributed by atoms with van der Waals surface area (Å²) in [6.45, 7) is 21.1. The van der Waals surface area contributed by atoms with Crippen molar-refractivity contribution in [1.82, 2.24) is 15.1 Å². The van der Waals surface area contributed by atoms with Crippen molar-refractivity contribution >= 4 is 0 Å². The van der Waals surface area contributed by atoms with Crippen LogP contribution in [-0.2, 0) is 0 Å². The maximum Gasteiger partial charge on any atom is 0.0221 e. The molecule has 1 N–H and O–H groups in total. The summed E-state index contributed by atoms with van der Waals surface area (Å²) in [5.41, 5.74) is 0.228. The molecule has 120 valence electrons. The Kier molecular flexibility index (Phi) is 7.49. The Bertz CT molecular complexity index is 249. The van der Waals surface area contributed by atoms with E-state index in [-0.39, 0.29) is 5.54 Å². The molecule has 1 rings (SSSR count). The van der Waals surface area contributed by atoms with E-state index in [1.54, 1.807) is 0 Å². The highest BCUT2D eigenvalue weighted by atomic mass is 15.3. The van der Waals surface area contributed by atoms with Gasteiger partial charge in [-0.05, 0) is 33.1 Å². The lowest BCUT2D eigenvalue weighted by Gasteiger charge is -2.40. The van der Waals surface area contributed by atoms with E-state index in [4.69, 9.17) is 0 Å². The van der Waals surface area contributed by atoms with Crippen molar-refractivity contribution in [2.45, 2.75) is 66.0 Å². The van der Waals surface area contributed by atoms with Gasteiger partial charge in [-0.15, -0.1) is 0 Å². The van der Waals surface area contributed by atoms with E-state index in [1.807, 2.05) is 0 Å². The Balaban J connectivity index is 2.41. The van der Waals surface area contributed by atoms with E-state index in [0.29, 0.717) is 6.04 Å². The third-order valence-corrected chi connectivity index (χ3v) is 4.04. The predicted octanol–water partition coefficient (Wildman–Crippen LogP) is 2.82. The van der Waals surface area contributed by atoms with Crippen LogP contribution >= 0.6 is 0 Å². The smallest absolute Gasteiger partial charge is 0.0221 e. The molecule has 1 saturated heterocycles. The second-order valence-corrected chi connectivity index (χ2v) is 7.80. The summed E-state index contributed by atoms with van der Waals surface area (Å²) < 4.78 is 0. The summed E-state index contributed by atoms with van der Waals surface area (Å²) in [6.07, 6.45) is 2.59. The largest absolute Gasteiger partial charge is 0.311 e. The first-order valence-electron chi connectivity index (χ1n) is 8.53. The van der Waals surface area contributed by atoms with Crippen LogP contribution in [-0.4, -0.2) is 60.6 Å². The molecule has 0 saturated carbocycles. The summed E-state index contributed by atoms with van der Waals surface area (Å²) in [5.74, 6) is 0.788. The monoisotopic (exact) mass is 283 g/mol. The van der Waals surface area contributed by atoms with Crippen LogP contribution in [0, 0.1) is 5.92 Å². The number of hydrogen-bond donors (Lipinski definition) is 1. The predicted molar refractivity (Wildman–Crippen MR) is 89.3 cm³/mol. The van der Waals surface area contributed by atoms with Crippen LogP contribution in [0.2, 0.25) is 0 Å². The Morgan fingerprint density at radius 1 is 1.05 bits per heavy atom. The molecule has 3 nitrogen and oxygen atoms in total. The normalized spacial score (nSPS) is 20.6. The van der Waals surface area contributed by atoms with Gasteiger partial charge in [0, 0.05) is 50.8 Å². The van der Waals surface area contributed by atoms with Crippen molar-refractivity contribution in [2.24, 2.45) is 5.92 Å². The highest BCUT2D eigenvalue weighted by Crippen LogP contribution is 2.13. The van der Waals surface area contributed by atoms with Crippen molar-refractivity contribution in [2.75, 3.05) is 39.3 Å². The second kappa shape index (κ2) is 8.35. The van der Waals surface area contributed by atoms with Gasteiger partial charge in [0.15, 0.2) is 0 Å². The molecule has 0 spiro atoms. The van der Waals surface area contributed by atoms with Gasteiger partial charge < -0.3 is 10.2 Å². The highest BCUT2D eigenvalue weighted by molar-refractivity contribution is 4.82. The first-order chi connectivity index (χ1) is 9.31. The summed E-state index contributed by atoms with van der Waals surface area (Å²) in [7, 11) is 0. The van der Waals surface area contributed by atoms with E-state index in [0.717, 1.165) is 12.5 Å². The van der Waals surface area contributed by atoms with Gasteiger partial charge in [-0.1, -0.05) is 27.2 Å². The van der Waals surface area contributed by atoms with Crippen LogP contribution in [0.4, 0.5) is 0 Å². The molecule has 1 heterocycles. The van der Waals surface area contributed by atoms with Gasteiger partial charge in [0.25, 0.3) is 0 Å². The van der Waals surface area contributed by atoms with Gasteiger partial charge in [0.2, 0.25) is 0 Å². The number of nitrogens with one attached hydrogen (secondary N) is 1. The van der Waals surface area contributed by atoms with Crippen LogP contribution in [0.15, 0.2) is 0 Å². The summed E-state index contributed by atoms with van der Waals surface area (Å²) >= 11 is 0. The number of piperazine rings is 1. The van der Waals surface area contributed by atoms with E-state index in [9.17, 15) is 0 Å². The third kappa shape index (κ3) is 7.05. The minimum atomic E-state index is 0.228. The zero-order chi connectivity index (χ0) is 15.2. The molecule has 3 heteroatoms. The number of nitrogens with zero attached hydrogens (tertiary/aromatic N) is 2. The fraction of sp³-hybridized carbons (Fsp3) is 1.00. The molecule has 1 unspecified atom stereocenters. The quantitative estimate of drug-likeness (QED) is 0.775. The Morgan fingerprint density at radius 3 is 2.10 bits per heavy atom. The second-order valence-electron chi connectivity index (χ2n) is 7.80. The summed E-state index contributed by atoms with van der Waals surface area (Å²) in [6, 6.07) is 0.709. The van der Waals surface area contributed by atoms with Crippen molar-refractivity contribution in [3.05, 3.63) is 0 Å². The van der Waals surface area contributed by atoms with Gasteiger partial charge in [-0.3, -0.25) is 4.90 Å². The van der Waals surface area contributed by atoms with Crippen LogP contribution in [0.3, 0.4) is 0 Å². The Hall–Kier alpha value is -0.120. The van der Waals surface area contributed by atoms with Crippen LogP contribution in [0.25, 0.3) is 0 Å². The van der Waals surface area contributed by atoms with E-state index in [2.05, 4.69) is 56.7 Å². The van der Waals surface area contributed by atoms with Crippen molar-refractivity contribution in [1.29, 1.82) is 0 Å². The minimum Gasteiger partial charge on any atom is -0.311 e. The minimum absolute atomic E-state index is 0.228. The van der Waals surface area contributed by atoms with Crippen molar-refractivity contribution < 1.29 is 0 Å². The lowest BCUT2D eigenvalue weighted by molar-refractivity contribution is 0.0818. The Labute approximate surface area is 127 Å². The highest BCUT2D eigenvalue weighted by Gasteiger charge is 2.24. The fourth-order valence-corrected chi connectivity index (χ4v) is 3.00. The van der Waals surface area contributed by atoms with Crippen molar-refractivity contribution in [3.8, 4) is 0 Å². The average Bonchev–Trinajstić information content (AvgIpc) is 2.34. The molecule has 0 radical (unpaired) electrons. The molecule has 1 aliphatic rings. The molecule has 20 heavy (non-hydrogen) atoms. The molecule has 1 atom stereocenters. The standard InChI is InChI=1S/C17H37N3/c1-7-8-16(13-18-17(4,5)6)20-11-9-19(10-12-20)14-15(2)3/h15-16,18H,7-14H2,1-6H3. The molecule has 0 aliphatic carbocycles. The zero-order valence-corrected chi connectivity index (χ0v) is 14.7. The summed E-state index contributed by atoms with van der Waals surface area (Å²) in [5, 5.41) is 3.69. The molecule has 0 amide bonds. The molecule has 1 fully saturated rings. The molecule has 0 bridgehead atoms. The maximum absolute atomic E-state index is 3.69. The van der Waals surface area contributed by atoms with Gasteiger partial charge in [0.05, 0.1) is 0 Å². The molecule has 1 aliphatic heterocycles. The SMILES string of the molecule is CCCC(CNC(C)(C)C)N1CCN(CC(C)C)CC1. The topological polar surface area (TPSA) is 18.5 Å². The Morgan fingerprint density at radius 2 is 1.65 bits per heavy atom. The van der Waals surface area contributed by atoms with Crippen LogP contribution in [0.1, 0.15) is 54.4 Å². The van der Waals surface area contributed by atoms with Gasteiger partial charge >= 0.3 is 0 Å². The van der Waals surface area contributed by atoms with Gasteiger partial charge in [0.1, 0.15) is 0 Å². The molecule has 0 aromatic carbocycles. The first-order valence-corrected chi connectivity index (χ1v) is 8.53. The zero-order valence-electron chi connectivity index (χ0n) is 14.7. The molecular formula is C17H37N3. The molecule has 0 aromatic heterocycles. The van der Waals surface area contributed by atoms with Gasteiger partial charge in [-0.2, -0.15) is 0 Å². The molecular weight excluding hydrogens is 246 g/mol. The molecule has 0 aromatic rings. The average molecular weight is 284 g/mol. The van der Waals surface area contributed by atoms with Crippen LogP contribution in [0.5, 0.6) is 0 Å².